The molecule has 0 aliphatic heterocycles. The molecule has 0 amide bonds. The van der Waals surface area contributed by atoms with Gasteiger partial charge in [0, 0.05) is 23.4 Å². The van der Waals surface area contributed by atoms with Gasteiger partial charge < -0.3 is 10.2 Å². The normalized spacial score (nSPS) is 14.2. The first-order valence-corrected chi connectivity index (χ1v) is 7.57. The van der Waals surface area contributed by atoms with Crippen molar-refractivity contribution in [2.24, 2.45) is 0 Å². The molecule has 104 valence electrons. The molecule has 0 saturated carbocycles. The van der Waals surface area contributed by atoms with E-state index in [1.54, 1.807) is 11.3 Å². The number of hydrogen-bond acceptors (Lipinski definition) is 4. The summed E-state index contributed by atoms with van der Waals surface area (Å²) in [6, 6.07) is 0.425. The second-order valence-corrected chi connectivity index (χ2v) is 6.68. The van der Waals surface area contributed by atoms with E-state index in [0.29, 0.717) is 6.04 Å². The van der Waals surface area contributed by atoms with Gasteiger partial charge in [-0.3, -0.25) is 0 Å². The fraction of sp³-hybridized carbons (Fsp3) is 0.786. The van der Waals surface area contributed by atoms with Crippen molar-refractivity contribution in [3.05, 3.63) is 16.1 Å². The minimum Gasteiger partial charge on any atom is -0.312 e. The molecule has 3 nitrogen and oxygen atoms in total. The van der Waals surface area contributed by atoms with E-state index < -0.39 is 0 Å². The number of likely N-dealkylation sites (N-methyl/N-ethyl adjacent to an activating group) is 1. The van der Waals surface area contributed by atoms with E-state index in [9.17, 15) is 0 Å². The first-order chi connectivity index (χ1) is 8.37. The topological polar surface area (TPSA) is 28.2 Å². The first kappa shape index (κ1) is 15.6. The van der Waals surface area contributed by atoms with Gasteiger partial charge in [0.15, 0.2) is 0 Å². The van der Waals surface area contributed by atoms with E-state index in [1.807, 2.05) is 0 Å². The summed E-state index contributed by atoms with van der Waals surface area (Å²) in [6.45, 7) is 9.92. The number of aromatic nitrogens is 1. The Morgan fingerprint density at radius 1 is 1.44 bits per heavy atom. The Bertz CT molecular complexity index is 358. The maximum absolute atomic E-state index is 4.59. The Morgan fingerprint density at radius 2 is 2.11 bits per heavy atom. The molecule has 1 unspecified atom stereocenters. The van der Waals surface area contributed by atoms with Crippen molar-refractivity contribution in [3.63, 3.8) is 0 Å². The van der Waals surface area contributed by atoms with Crippen molar-refractivity contribution in [2.75, 3.05) is 20.6 Å². The van der Waals surface area contributed by atoms with E-state index in [2.05, 4.69) is 62.4 Å². The van der Waals surface area contributed by atoms with E-state index in [1.165, 1.54) is 5.69 Å². The Hall–Kier alpha value is -0.450. The second-order valence-electron chi connectivity index (χ2n) is 5.62. The van der Waals surface area contributed by atoms with Crippen molar-refractivity contribution in [1.82, 2.24) is 15.2 Å². The highest BCUT2D eigenvalue weighted by molar-refractivity contribution is 7.09. The van der Waals surface area contributed by atoms with Crippen molar-refractivity contribution >= 4 is 11.3 Å². The molecule has 0 bridgehead atoms. The van der Waals surface area contributed by atoms with E-state index in [0.717, 1.165) is 24.4 Å². The molecule has 0 saturated heterocycles. The maximum atomic E-state index is 4.59. The Balaban J connectivity index is 2.78. The quantitative estimate of drug-likeness (QED) is 0.825. The molecule has 0 aromatic carbocycles. The monoisotopic (exact) mass is 269 g/mol. The lowest BCUT2D eigenvalue weighted by atomic mass is 9.89. The van der Waals surface area contributed by atoms with Gasteiger partial charge in [0.25, 0.3) is 0 Å². The predicted octanol–water partition coefficient (Wildman–Crippen LogP) is 2.70. The molecule has 1 N–H and O–H groups in total. The number of hydrogen-bond donors (Lipinski definition) is 1. The summed E-state index contributed by atoms with van der Waals surface area (Å²) in [5, 5.41) is 7.01. The molecule has 1 heterocycles. The molecule has 1 aromatic heterocycles. The summed E-state index contributed by atoms with van der Waals surface area (Å²) in [5.74, 6) is 0. The summed E-state index contributed by atoms with van der Waals surface area (Å²) in [4.78, 5) is 6.88. The average molecular weight is 269 g/mol. The summed E-state index contributed by atoms with van der Waals surface area (Å²) >= 11 is 1.74. The van der Waals surface area contributed by atoms with Crippen LogP contribution in [0.4, 0.5) is 0 Å². The Labute approximate surface area is 116 Å². The predicted molar refractivity (Wildman–Crippen MR) is 80.4 cm³/mol. The zero-order valence-electron chi connectivity index (χ0n) is 12.6. The van der Waals surface area contributed by atoms with Crippen molar-refractivity contribution in [1.29, 1.82) is 0 Å². The summed E-state index contributed by atoms with van der Waals surface area (Å²) in [7, 11) is 4.29. The highest BCUT2D eigenvalue weighted by Crippen LogP contribution is 2.20. The van der Waals surface area contributed by atoms with Crippen molar-refractivity contribution in [2.45, 2.75) is 52.1 Å². The third-order valence-electron chi connectivity index (χ3n) is 3.73. The molecule has 1 atom stereocenters. The lowest BCUT2D eigenvalue weighted by Gasteiger charge is -2.40. The third kappa shape index (κ3) is 4.04. The highest BCUT2D eigenvalue weighted by Gasteiger charge is 2.31. The molecule has 0 spiro atoms. The minimum atomic E-state index is 0.118. The van der Waals surface area contributed by atoms with Gasteiger partial charge in [-0.05, 0) is 47.8 Å². The van der Waals surface area contributed by atoms with Crippen LogP contribution in [-0.2, 0) is 6.42 Å². The van der Waals surface area contributed by atoms with Crippen LogP contribution < -0.4 is 5.32 Å². The summed E-state index contributed by atoms with van der Waals surface area (Å²) in [5.41, 5.74) is 1.33. The number of rotatable bonds is 7. The van der Waals surface area contributed by atoms with Crippen LogP contribution in [-0.4, -0.2) is 42.1 Å². The van der Waals surface area contributed by atoms with Gasteiger partial charge in [0.2, 0.25) is 0 Å². The minimum absolute atomic E-state index is 0.118. The number of nitrogens with zero attached hydrogens (tertiary/aromatic N) is 2. The van der Waals surface area contributed by atoms with Crippen LogP contribution in [0.1, 0.15) is 37.9 Å². The molecule has 4 heteroatoms. The van der Waals surface area contributed by atoms with Crippen LogP contribution in [0.15, 0.2) is 5.38 Å². The molecule has 0 aliphatic rings. The van der Waals surface area contributed by atoms with Gasteiger partial charge in [-0.15, -0.1) is 11.3 Å². The van der Waals surface area contributed by atoms with Crippen LogP contribution in [0.25, 0.3) is 0 Å². The fourth-order valence-electron chi connectivity index (χ4n) is 1.91. The second kappa shape index (κ2) is 6.64. The van der Waals surface area contributed by atoms with Gasteiger partial charge in [0.05, 0.1) is 10.7 Å². The van der Waals surface area contributed by atoms with Gasteiger partial charge in [-0.2, -0.15) is 0 Å². The van der Waals surface area contributed by atoms with Crippen LogP contribution in [0, 0.1) is 6.92 Å². The molecule has 0 radical (unpaired) electrons. The van der Waals surface area contributed by atoms with Crippen LogP contribution in [0.2, 0.25) is 0 Å². The molecular formula is C14H27N3S. The van der Waals surface area contributed by atoms with Gasteiger partial charge >= 0.3 is 0 Å². The number of nitrogens with one attached hydrogen (secondary N) is 1. The smallest absolute Gasteiger partial charge is 0.0897 e. The third-order valence-corrected chi connectivity index (χ3v) is 4.55. The highest BCUT2D eigenvalue weighted by atomic mass is 32.1. The van der Waals surface area contributed by atoms with Gasteiger partial charge in [-0.25, -0.2) is 4.98 Å². The molecule has 18 heavy (non-hydrogen) atoms. The first-order valence-electron chi connectivity index (χ1n) is 6.69. The van der Waals surface area contributed by atoms with Crippen molar-refractivity contribution < 1.29 is 0 Å². The van der Waals surface area contributed by atoms with Crippen LogP contribution >= 0.6 is 11.3 Å². The Kier molecular flexibility index (Phi) is 5.76. The number of thiazole rings is 1. The molecule has 1 aromatic rings. The zero-order valence-corrected chi connectivity index (χ0v) is 13.4. The molecular weight excluding hydrogens is 242 g/mol. The standard InChI is InChI=1S/C14H27N3S/c1-7-8-15-13(14(3,4)17(5)6)9-12-10-18-11(2)16-12/h10,13,15H,7-9H2,1-6H3. The maximum Gasteiger partial charge on any atom is 0.0897 e. The average Bonchev–Trinajstić information content (AvgIpc) is 2.69. The lowest BCUT2D eigenvalue weighted by Crippen LogP contribution is -2.56. The zero-order chi connectivity index (χ0) is 13.8. The Morgan fingerprint density at radius 3 is 2.56 bits per heavy atom. The summed E-state index contributed by atoms with van der Waals surface area (Å²) in [6.07, 6.45) is 2.16. The van der Waals surface area contributed by atoms with Crippen LogP contribution in [0.3, 0.4) is 0 Å². The molecule has 1 rings (SSSR count). The SMILES string of the molecule is CCCNC(Cc1csc(C)n1)C(C)(C)N(C)C. The van der Waals surface area contributed by atoms with E-state index >= 15 is 0 Å². The van der Waals surface area contributed by atoms with E-state index in [-0.39, 0.29) is 5.54 Å². The van der Waals surface area contributed by atoms with Gasteiger partial charge in [0.1, 0.15) is 0 Å². The number of aryl methyl sites for hydroxylation is 1. The molecule has 0 aliphatic carbocycles. The van der Waals surface area contributed by atoms with E-state index in [4.69, 9.17) is 0 Å². The molecule has 0 fully saturated rings. The van der Waals surface area contributed by atoms with Crippen LogP contribution in [0.5, 0.6) is 0 Å². The van der Waals surface area contributed by atoms with Crippen molar-refractivity contribution in [3.8, 4) is 0 Å². The largest absolute Gasteiger partial charge is 0.312 e. The van der Waals surface area contributed by atoms with Gasteiger partial charge in [-0.1, -0.05) is 6.92 Å². The lowest BCUT2D eigenvalue weighted by molar-refractivity contribution is 0.136. The summed E-state index contributed by atoms with van der Waals surface area (Å²) < 4.78 is 0. The fourth-order valence-corrected chi connectivity index (χ4v) is 2.54.